The molecule has 1 fully saturated rings. The van der Waals surface area contributed by atoms with Crippen molar-refractivity contribution in [1.82, 2.24) is 14.7 Å². The van der Waals surface area contributed by atoms with Gasteiger partial charge >= 0.3 is 0 Å². The number of aromatic nitrogens is 2. The van der Waals surface area contributed by atoms with E-state index in [4.69, 9.17) is 16.0 Å². The van der Waals surface area contributed by atoms with Gasteiger partial charge in [0, 0.05) is 13.6 Å². The quantitative estimate of drug-likeness (QED) is 0.854. The minimum absolute atomic E-state index is 0.0508. The Hall–Kier alpha value is -1.75. The highest BCUT2D eigenvalue weighted by Gasteiger charge is 2.32. The van der Waals surface area contributed by atoms with Crippen LogP contribution in [-0.2, 0) is 7.05 Å². The maximum atomic E-state index is 12.7. The van der Waals surface area contributed by atoms with E-state index in [-0.39, 0.29) is 11.9 Å². The van der Waals surface area contributed by atoms with Crippen molar-refractivity contribution in [3.8, 4) is 0 Å². The fraction of sp³-hybridized carbons (Fsp3) is 0.467. The Morgan fingerprint density at radius 2 is 2.29 bits per heavy atom. The van der Waals surface area contributed by atoms with E-state index in [1.165, 1.54) is 6.26 Å². The molecule has 2 aromatic heterocycles. The number of aryl methyl sites for hydroxylation is 1. The molecule has 1 saturated heterocycles. The van der Waals surface area contributed by atoms with Crippen molar-refractivity contribution < 1.29 is 9.21 Å². The first kappa shape index (κ1) is 14.2. The summed E-state index contributed by atoms with van der Waals surface area (Å²) in [6, 6.07) is 3.39. The van der Waals surface area contributed by atoms with Crippen molar-refractivity contribution in [2.75, 3.05) is 6.54 Å². The number of likely N-dealkylation sites (tertiary alicyclic amines) is 1. The minimum Gasteiger partial charge on any atom is -0.459 e. The second-order valence-electron chi connectivity index (χ2n) is 5.34. The van der Waals surface area contributed by atoms with Crippen LogP contribution >= 0.6 is 11.6 Å². The van der Waals surface area contributed by atoms with Crippen LogP contribution in [0, 0.1) is 0 Å². The lowest BCUT2D eigenvalue weighted by Crippen LogP contribution is -2.35. The molecule has 0 radical (unpaired) electrons. The largest absolute Gasteiger partial charge is 0.459 e. The molecular formula is C15H18ClN3O2. The lowest BCUT2D eigenvalue weighted by molar-refractivity contribution is 0.0641. The summed E-state index contributed by atoms with van der Waals surface area (Å²) in [5.74, 6) is 0.296. The molecule has 112 valence electrons. The number of amides is 1. The van der Waals surface area contributed by atoms with Gasteiger partial charge in [-0.2, -0.15) is 5.10 Å². The van der Waals surface area contributed by atoms with Crippen LogP contribution in [0.2, 0.25) is 5.02 Å². The van der Waals surface area contributed by atoms with E-state index in [0.717, 1.165) is 31.4 Å². The van der Waals surface area contributed by atoms with Crippen molar-refractivity contribution in [1.29, 1.82) is 0 Å². The fourth-order valence-electron chi connectivity index (χ4n) is 2.97. The average molecular weight is 308 g/mol. The Balaban J connectivity index is 1.96. The molecular weight excluding hydrogens is 290 g/mol. The predicted octanol–water partition coefficient (Wildman–Crippen LogP) is 3.42. The summed E-state index contributed by atoms with van der Waals surface area (Å²) in [7, 11) is 1.86. The zero-order valence-corrected chi connectivity index (χ0v) is 12.7. The molecule has 0 spiro atoms. The number of rotatable bonds is 2. The number of halogens is 1. The molecule has 1 atom stereocenters. The molecule has 1 aliphatic heterocycles. The number of carbonyl (C=O) groups excluding carboxylic acids is 1. The predicted molar refractivity (Wildman–Crippen MR) is 79.2 cm³/mol. The monoisotopic (exact) mass is 307 g/mol. The molecule has 0 bridgehead atoms. The van der Waals surface area contributed by atoms with Crippen LogP contribution in [0.4, 0.5) is 0 Å². The molecule has 3 rings (SSSR count). The van der Waals surface area contributed by atoms with Gasteiger partial charge in [0.15, 0.2) is 5.76 Å². The number of furan rings is 1. The van der Waals surface area contributed by atoms with E-state index in [1.54, 1.807) is 23.0 Å². The first-order valence-electron chi connectivity index (χ1n) is 7.20. The van der Waals surface area contributed by atoms with Crippen LogP contribution in [0.5, 0.6) is 0 Å². The summed E-state index contributed by atoms with van der Waals surface area (Å²) in [5, 5.41) is 4.81. The lowest BCUT2D eigenvalue weighted by atomic mass is 10.1. The summed E-state index contributed by atoms with van der Waals surface area (Å²) < 4.78 is 7.03. The smallest absolute Gasteiger partial charge is 0.290 e. The van der Waals surface area contributed by atoms with Gasteiger partial charge in [0.1, 0.15) is 0 Å². The number of nitrogens with zero attached hydrogens (tertiary/aromatic N) is 3. The third-order valence-corrected chi connectivity index (χ3v) is 4.29. The lowest BCUT2D eigenvalue weighted by Gasteiger charge is -2.29. The fourth-order valence-corrected chi connectivity index (χ4v) is 3.26. The van der Waals surface area contributed by atoms with Crippen LogP contribution < -0.4 is 0 Å². The van der Waals surface area contributed by atoms with Crippen LogP contribution in [0.15, 0.2) is 29.0 Å². The molecule has 3 heterocycles. The van der Waals surface area contributed by atoms with E-state index in [2.05, 4.69) is 5.10 Å². The van der Waals surface area contributed by atoms with E-state index in [0.29, 0.717) is 17.3 Å². The minimum atomic E-state index is -0.0795. The maximum absolute atomic E-state index is 12.7. The summed E-state index contributed by atoms with van der Waals surface area (Å²) >= 11 is 6.28. The van der Waals surface area contributed by atoms with Gasteiger partial charge < -0.3 is 9.32 Å². The molecule has 21 heavy (non-hydrogen) atoms. The standard InChI is InChI=1S/C15H18ClN3O2/c1-18-14(11(16)10-17-18)12-6-3-2-4-8-19(12)15(20)13-7-5-9-21-13/h5,7,9-10,12H,2-4,6,8H2,1H3. The van der Waals surface area contributed by atoms with Gasteiger partial charge in [0.05, 0.1) is 29.2 Å². The highest BCUT2D eigenvalue weighted by Crippen LogP contribution is 2.34. The SMILES string of the molecule is Cn1ncc(Cl)c1C1CCCCCN1C(=O)c1ccco1. The Bertz CT molecular complexity index is 601. The van der Waals surface area contributed by atoms with E-state index < -0.39 is 0 Å². The van der Waals surface area contributed by atoms with Gasteiger partial charge in [-0.3, -0.25) is 9.48 Å². The molecule has 0 N–H and O–H groups in total. The van der Waals surface area contributed by atoms with E-state index >= 15 is 0 Å². The topological polar surface area (TPSA) is 51.3 Å². The zero-order chi connectivity index (χ0) is 14.8. The summed E-state index contributed by atoms with van der Waals surface area (Å²) in [5.41, 5.74) is 0.901. The van der Waals surface area contributed by atoms with Crippen LogP contribution in [0.1, 0.15) is 48.0 Å². The molecule has 2 aromatic rings. The molecule has 1 unspecified atom stereocenters. The van der Waals surface area contributed by atoms with Gasteiger partial charge in [-0.1, -0.05) is 24.4 Å². The van der Waals surface area contributed by atoms with Crippen molar-refractivity contribution in [2.45, 2.75) is 31.7 Å². The van der Waals surface area contributed by atoms with Crippen LogP contribution in [-0.4, -0.2) is 27.1 Å². The molecule has 0 saturated carbocycles. The van der Waals surface area contributed by atoms with Crippen molar-refractivity contribution in [2.24, 2.45) is 7.05 Å². The van der Waals surface area contributed by atoms with E-state index in [1.807, 2.05) is 11.9 Å². The van der Waals surface area contributed by atoms with Gasteiger partial charge in [-0.25, -0.2) is 0 Å². The Morgan fingerprint density at radius 1 is 1.43 bits per heavy atom. The molecule has 1 amide bonds. The average Bonchev–Trinajstić information content (AvgIpc) is 3.04. The van der Waals surface area contributed by atoms with Gasteiger partial charge in [-0.05, 0) is 25.0 Å². The third-order valence-electron chi connectivity index (χ3n) is 4.00. The molecule has 0 aromatic carbocycles. The second-order valence-corrected chi connectivity index (χ2v) is 5.75. The second kappa shape index (κ2) is 5.93. The molecule has 5 nitrogen and oxygen atoms in total. The van der Waals surface area contributed by atoms with Crippen molar-refractivity contribution in [3.63, 3.8) is 0 Å². The van der Waals surface area contributed by atoms with Crippen LogP contribution in [0.3, 0.4) is 0 Å². The normalized spacial score (nSPS) is 19.5. The Kier molecular flexibility index (Phi) is 4.01. The van der Waals surface area contributed by atoms with Crippen molar-refractivity contribution in [3.05, 3.63) is 41.1 Å². The van der Waals surface area contributed by atoms with Gasteiger partial charge in [0.25, 0.3) is 5.91 Å². The first-order chi connectivity index (χ1) is 10.2. The molecule has 1 aliphatic rings. The Morgan fingerprint density at radius 3 is 2.95 bits per heavy atom. The maximum Gasteiger partial charge on any atom is 0.290 e. The first-order valence-corrected chi connectivity index (χ1v) is 7.58. The highest BCUT2D eigenvalue weighted by atomic mass is 35.5. The summed E-state index contributed by atoms with van der Waals surface area (Å²) in [6.45, 7) is 0.714. The van der Waals surface area contributed by atoms with Gasteiger partial charge in [0.2, 0.25) is 0 Å². The molecule has 6 heteroatoms. The van der Waals surface area contributed by atoms with Crippen LogP contribution in [0.25, 0.3) is 0 Å². The van der Waals surface area contributed by atoms with Gasteiger partial charge in [-0.15, -0.1) is 0 Å². The summed E-state index contributed by atoms with van der Waals surface area (Å²) in [6.07, 6.45) is 7.25. The Labute approximate surface area is 128 Å². The number of hydrogen-bond donors (Lipinski definition) is 0. The number of hydrogen-bond acceptors (Lipinski definition) is 3. The highest BCUT2D eigenvalue weighted by molar-refractivity contribution is 6.31. The molecule has 0 aliphatic carbocycles. The van der Waals surface area contributed by atoms with Crippen molar-refractivity contribution >= 4 is 17.5 Å². The zero-order valence-electron chi connectivity index (χ0n) is 12.0. The summed E-state index contributed by atoms with van der Waals surface area (Å²) in [4.78, 5) is 14.6. The number of carbonyl (C=O) groups is 1. The third kappa shape index (κ3) is 2.70. The van der Waals surface area contributed by atoms with E-state index in [9.17, 15) is 4.79 Å².